The number of para-hydroxylation sites is 1. The second kappa shape index (κ2) is 7.09. The van der Waals surface area contributed by atoms with Gasteiger partial charge in [0.05, 0.1) is 5.56 Å². The van der Waals surface area contributed by atoms with Gasteiger partial charge in [-0.3, -0.25) is 4.79 Å². The summed E-state index contributed by atoms with van der Waals surface area (Å²) in [7, 11) is 3.92. The van der Waals surface area contributed by atoms with Crippen LogP contribution in [0.1, 0.15) is 10.4 Å². The van der Waals surface area contributed by atoms with Crippen LogP contribution in [0.25, 0.3) is 0 Å². The number of likely N-dealkylation sites (N-methyl/N-ethyl adjacent to an activating group) is 1. The van der Waals surface area contributed by atoms with E-state index in [1.165, 1.54) is 0 Å². The van der Waals surface area contributed by atoms with Crippen LogP contribution < -0.4 is 11.1 Å². The quantitative estimate of drug-likeness (QED) is 0.776. The average Bonchev–Trinajstić information content (AvgIpc) is 2.17. The van der Waals surface area contributed by atoms with Crippen LogP contribution >= 0.6 is 12.4 Å². The highest BCUT2D eigenvalue weighted by molar-refractivity contribution is 5.99. The number of anilines is 1. The van der Waals surface area contributed by atoms with Gasteiger partial charge >= 0.3 is 0 Å². The van der Waals surface area contributed by atoms with Crippen LogP contribution in [0.3, 0.4) is 0 Å². The smallest absolute Gasteiger partial charge is 0.253 e. The number of nitrogens with one attached hydrogen (secondary N) is 1. The summed E-state index contributed by atoms with van der Waals surface area (Å²) in [5.74, 6) is -0.116. The molecule has 1 aromatic carbocycles. The molecule has 0 radical (unpaired) electrons. The number of hydrogen-bond donors (Lipinski definition) is 2. The van der Waals surface area contributed by atoms with Crippen molar-refractivity contribution >= 4 is 24.0 Å². The third-order valence-corrected chi connectivity index (χ3v) is 2.05. The summed E-state index contributed by atoms with van der Waals surface area (Å²) in [5, 5.41) is 2.81. The molecule has 3 N–H and O–H groups in total. The van der Waals surface area contributed by atoms with Crippen molar-refractivity contribution in [3.63, 3.8) is 0 Å². The zero-order valence-corrected chi connectivity index (χ0v) is 10.4. The van der Waals surface area contributed by atoms with Crippen molar-refractivity contribution < 1.29 is 4.79 Å². The highest BCUT2D eigenvalue weighted by Gasteiger charge is 2.07. The van der Waals surface area contributed by atoms with Gasteiger partial charge in [-0.05, 0) is 26.2 Å². The van der Waals surface area contributed by atoms with Crippen molar-refractivity contribution in [2.75, 3.05) is 32.9 Å². The third kappa shape index (κ3) is 4.51. The van der Waals surface area contributed by atoms with Crippen molar-refractivity contribution in [3.05, 3.63) is 29.8 Å². The summed E-state index contributed by atoms with van der Waals surface area (Å²) in [6.45, 7) is 1.44. The Kier molecular flexibility index (Phi) is 6.53. The Hall–Kier alpha value is -1.26. The van der Waals surface area contributed by atoms with Crippen LogP contribution in [0.2, 0.25) is 0 Å². The molecule has 0 spiro atoms. The molecule has 0 saturated carbocycles. The molecule has 0 heterocycles. The van der Waals surface area contributed by atoms with Crippen LogP contribution in [-0.2, 0) is 0 Å². The van der Waals surface area contributed by atoms with Crippen LogP contribution in [0.4, 0.5) is 5.69 Å². The average molecular weight is 244 g/mol. The molecule has 5 heteroatoms. The summed E-state index contributed by atoms with van der Waals surface area (Å²) in [6.07, 6.45) is 0. The van der Waals surface area contributed by atoms with Crippen LogP contribution in [0.5, 0.6) is 0 Å². The molecular formula is C11H18ClN3O. The first-order chi connectivity index (χ1) is 7.11. The maximum atomic E-state index is 11.6. The Morgan fingerprint density at radius 1 is 1.38 bits per heavy atom. The fraction of sp³-hybridized carbons (Fsp3) is 0.364. The molecule has 0 aliphatic rings. The van der Waals surface area contributed by atoms with E-state index in [0.29, 0.717) is 17.8 Å². The summed E-state index contributed by atoms with van der Waals surface area (Å²) < 4.78 is 0. The monoisotopic (exact) mass is 243 g/mol. The lowest BCUT2D eigenvalue weighted by Crippen LogP contribution is -2.31. The van der Waals surface area contributed by atoms with Gasteiger partial charge in [-0.25, -0.2) is 0 Å². The van der Waals surface area contributed by atoms with Crippen molar-refractivity contribution in [2.45, 2.75) is 0 Å². The van der Waals surface area contributed by atoms with Gasteiger partial charge in [0.25, 0.3) is 5.91 Å². The molecule has 1 amide bonds. The SMILES string of the molecule is CN(C)CCNC(=O)c1ccccc1N.Cl. The second-order valence-corrected chi connectivity index (χ2v) is 3.65. The molecule has 1 rings (SSSR count). The molecule has 0 aliphatic heterocycles. The Bertz CT molecular complexity index is 342. The van der Waals surface area contributed by atoms with E-state index in [1.807, 2.05) is 25.1 Å². The minimum atomic E-state index is -0.116. The third-order valence-electron chi connectivity index (χ3n) is 2.05. The van der Waals surface area contributed by atoms with Crippen molar-refractivity contribution in [2.24, 2.45) is 0 Å². The van der Waals surface area contributed by atoms with Gasteiger partial charge in [0.1, 0.15) is 0 Å². The van der Waals surface area contributed by atoms with Crippen molar-refractivity contribution in [1.82, 2.24) is 10.2 Å². The molecule has 0 atom stereocenters. The number of nitrogen functional groups attached to an aromatic ring is 1. The van der Waals surface area contributed by atoms with E-state index >= 15 is 0 Å². The molecule has 0 aliphatic carbocycles. The number of carbonyl (C=O) groups is 1. The number of carbonyl (C=O) groups excluding carboxylic acids is 1. The Morgan fingerprint density at radius 3 is 2.56 bits per heavy atom. The van der Waals surface area contributed by atoms with E-state index in [4.69, 9.17) is 5.73 Å². The lowest BCUT2D eigenvalue weighted by molar-refractivity contribution is 0.0952. The van der Waals surface area contributed by atoms with Gasteiger partial charge in [0.2, 0.25) is 0 Å². The minimum absolute atomic E-state index is 0. The number of benzene rings is 1. The summed E-state index contributed by atoms with van der Waals surface area (Å²) in [5.41, 5.74) is 6.73. The molecule has 0 saturated heterocycles. The van der Waals surface area contributed by atoms with Crippen molar-refractivity contribution in [1.29, 1.82) is 0 Å². The van der Waals surface area contributed by atoms with Crippen molar-refractivity contribution in [3.8, 4) is 0 Å². The lowest BCUT2D eigenvalue weighted by Gasteiger charge is -2.11. The van der Waals surface area contributed by atoms with Crippen LogP contribution in [-0.4, -0.2) is 38.0 Å². The number of amides is 1. The van der Waals surface area contributed by atoms with E-state index < -0.39 is 0 Å². The molecule has 0 bridgehead atoms. The molecule has 4 nitrogen and oxygen atoms in total. The molecule has 0 fully saturated rings. The van der Waals surface area contributed by atoms with Crippen LogP contribution in [0.15, 0.2) is 24.3 Å². The van der Waals surface area contributed by atoms with E-state index in [0.717, 1.165) is 6.54 Å². The summed E-state index contributed by atoms with van der Waals surface area (Å²) in [4.78, 5) is 13.6. The summed E-state index contributed by atoms with van der Waals surface area (Å²) in [6, 6.07) is 7.06. The lowest BCUT2D eigenvalue weighted by atomic mass is 10.1. The number of hydrogen-bond acceptors (Lipinski definition) is 3. The fourth-order valence-corrected chi connectivity index (χ4v) is 1.19. The predicted molar refractivity (Wildman–Crippen MR) is 69.0 cm³/mol. The predicted octanol–water partition coefficient (Wildman–Crippen LogP) is 0.982. The first kappa shape index (κ1) is 14.7. The number of halogens is 1. The van der Waals surface area contributed by atoms with E-state index in [9.17, 15) is 4.79 Å². The first-order valence-electron chi connectivity index (χ1n) is 4.88. The Balaban J connectivity index is 0.00000225. The van der Waals surface area contributed by atoms with Gasteiger partial charge in [-0.2, -0.15) is 0 Å². The number of rotatable bonds is 4. The maximum absolute atomic E-state index is 11.6. The van der Waals surface area contributed by atoms with Gasteiger partial charge in [0, 0.05) is 18.8 Å². The Morgan fingerprint density at radius 2 is 2.00 bits per heavy atom. The van der Waals surface area contributed by atoms with Crippen LogP contribution in [0, 0.1) is 0 Å². The van der Waals surface area contributed by atoms with E-state index in [2.05, 4.69) is 5.32 Å². The highest BCUT2D eigenvalue weighted by Crippen LogP contribution is 2.09. The molecule has 1 aromatic rings. The number of nitrogens with zero attached hydrogens (tertiary/aromatic N) is 1. The topological polar surface area (TPSA) is 58.4 Å². The second-order valence-electron chi connectivity index (χ2n) is 3.65. The number of nitrogens with two attached hydrogens (primary N) is 1. The Labute approximate surface area is 102 Å². The largest absolute Gasteiger partial charge is 0.398 e. The van der Waals surface area contributed by atoms with E-state index in [-0.39, 0.29) is 18.3 Å². The molecule has 0 unspecified atom stereocenters. The fourth-order valence-electron chi connectivity index (χ4n) is 1.19. The van der Waals surface area contributed by atoms with Gasteiger partial charge in [0.15, 0.2) is 0 Å². The highest BCUT2D eigenvalue weighted by atomic mass is 35.5. The van der Waals surface area contributed by atoms with E-state index in [1.54, 1.807) is 18.2 Å². The van der Waals surface area contributed by atoms with Gasteiger partial charge in [-0.15, -0.1) is 12.4 Å². The molecular weight excluding hydrogens is 226 g/mol. The zero-order chi connectivity index (χ0) is 11.3. The van der Waals surface area contributed by atoms with Gasteiger partial charge in [-0.1, -0.05) is 12.1 Å². The maximum Gasteiger partial charge on any atom is 0.253 e. The molecule has 90 valence electrons. The minimum Gasteiger partial charge on any atom is -0.398 e. The summed E-state index contributed by atoms with van der Waals surface area (Å²) >= 11 is 0. The molecule has 16 heavy (non-hydrogen) atoms. The standard InChI is InChI=1S/C11H17N3O.ClH/c1-14(2)8-7-13-11(15)9-5-3-4-6-10(9)12;/h3-6H,7-8,12H2,1-2H3,(H,13,15);1H. The normalized spacial score (nSPS) is 9.69. The van der Waals surface area contributed by atoms with Gasteiger partial charge < -0.3 is 16.0 Å². The zero-order valence-electron chi connectivity index (χ0n) is 9.56. The molecule has 0 aromatic heterocycles. The first-order valence-corrected chi connectivity index (χ1v) is 4.88.